The van der Waals surface area contributed by atoms with E-state index in [0.717, 1.165) is 11.5 Å². The van der Waals surface area contributed by atoms with E-state index >= 15 is 0 Å². The molecular formula is C10H18N4O. The van der Waals surface area contributed by atoms with Crippen molar-refractivity contribution in [1.82, 2.24) is 9.97 Å². The number of nitrogens with two attached hydrogens (primary N) is 1. The first-order valence-corrected chi connectivity index (χ1v) is 5.08. The van der Waals surface area contributed by atoms with Crippen molar-refractivity contribution in [3.8, 4) is 0 Å². The number of aromatic nitrogens is 2. The maximum absolute atomic E-state index is 8.99. The molecule has 3 N–H and O–H groups in total. The molecule has 0 atom stereocenters. The molecule has 0 aliphatic rings. The summed E-state index contributed by atoms with van der Waals surface area (Å²) in [5.41, 5.74) is 6.36. The number of anilines is 1. The summed E-state index contributed by atoms with van der Waals surface area (Å²) in [6.07, 6.45) is 3.27. The molecule has 1 rings (SSSR count). The molecular weight excluding hydrogens is 192 g/mol. The molecule has 5 nitrogen and oxygen atoms in total. The summed E-state index contributed by atoms with van der Waals surface area (Å²) in [6, 6.07) is 0.263. The maximum Gasteiger partial charge on any atom is 0.151 e. The summed E-state index contributed by atoms with van der Waals surface area (Å²) < 4.78 is 0. The molecule has 1 aromatic heterocycles. The van der Waals surface area contributed by atoms with Gasteiger partial charge in [0.1, 0.15) is 0 Å². The molecule has 0 saturated heterocycles. The Morgan fingerprint density at radius 3 is 2.60 bits per heavy atom. The van der Waals surface area contributed by atoms with Gasteiger partial charge in [0.05, 0.1) is 12.3 Å². The van der Waals surface area contributed by atoms with Crippen LogP contribution in [-0.2, 0) is 6.54 Å². The lowest BCUT2D eigenvalue weighted by molar-refractivity contribution is 0.298. The van der Waals surface area contributed by atoms with Crippen LogP contribution in [0, 0.1) is 0 Å². The number of hydrogen-bond acceptors (Lipinski definition) is 5. The zero-order chi connectivity index (χ0) is 11.3. The third kappa shape index (κ3) is 2.87. The van der Waals surface area contributed by atoms with Crippen LogP contribution in [0.15, 0.2) is 12.4 Å². The predicted octanol–water partition coefficient (Wildman–Crippen LogP) is 0.142. The molecule has 0 amide bonds. The number of aliphatic hydroxyl groups excluding tert-OH is 1. The van der Waals surface area contributed by atoms with Crippen LogP contribution in [0.25, 0.3) is 0 Å². The van der Waals surface area contributed by atoms with Crippen LogP contribution >= 0.6 is 0 Å². The van der Waals surface area contributed by atoms with Gasteiger partial charge in [-0.2, -0.15) is 0 Å². The van der Waals surface area contributed by atoms with Gasteiger partial charge >= 0.3 is 0 Å². The normalized spacial score (nSPS) is 10.7. The lowest BCUT2D eigenvalue weighted by Crippen LogP contribution is -2.35. The molecule has 0 bridgehead atoms. The highest BCUT2D eigenvalue weighted by Gasteiger charge is 2.15. The first kappa shape index (κ1) is 11.9. The van der Waals surface area contributed by atoms with E-state index in [1.54, 1.807) is 12.4 Å². The van der Waals surface area contributed by atoms with Crippen molar-refractivity contribution in [2.45, 2.75) is 26.4 Å². The van der Waals surface area contributed by atoms with Crippen LogP contribution in [-0.4, -0.2) is 34.3 Å². The Hall–Kier alpha value is -1.20. The Kier molecular flexibility index (Phi) is 4.45. The van der Waals surface area contributed by atoms with Crippen LogP contribution in [0.5, 0.6) is 0 Å². The van der Waals surface area contributed by atoms with Gasteiger partial charge in [-0.25, -0.2) is 4.98 Å². The van der Waals surface area contributed by atoms with Gasteiger partial charge in [0.25, 0.3) is 0 Å². The largest absolute Gasteiger partial charge is 0.395 e. The highest BCUT2D eigenvalue weighted by Crippen LogP contribution is 2.16. The zero-order valence-electron chi connectivity index (χ0n) is 9.22. The average Bonchev–Trinajstić information content (AvgIpc) is 2.25. The fraction of sp³-hybridized carbons (Fsp3) is 0.600. The molecule has 0 fully saturated rings. The highest BCUT2D eigenvalue weighted by molar-refractivity contribution is 5.43. The van der Waals surface area contributed by atoms with E-state index in [1.807, 2.05) is 18.7 Å². The fourth-order valence-corrected chi connectivity index (χ4v) is 1.46. The van der Waals surface area contributed by atoms with Gasteiger partial charge < -0.3 is 15.7 Å². The molecule has 0 unspecified atom stereocenters. The third-order valence-corrected chi connectivity index (χ3v) is 2.18. The molecule has 15 heavy (non-hydrogen) atoms. The van der Waals surface area contributed by atoms with Crippen molar-refractivity contribution in [3.63, 3.8) is 0 Å². The minimum Gasteiger partial charge on any atom is -0.395 e. The van der Waals surface area contributed by atoms with Crippen molar-refractivity contribution in [1.29, 1.82) is 0 Å². The summed E-state index contributed by atoms with van der Waals surface area (Å²) in [5, 5.41) is 8.99. The van der Waals surface area contributed by atoms with Crippen LogP contribution in [0.1, 0.15) is 19.5 Å². The molecule has 0 saturated carbocycles. The van der Waals surface area contributed by atoms with E-state index in [2.05, 4.69) is 9.97 Å². The number of rotatable bonds is 5. The summed E-state index contributed by atoms with van der Waals surface area (Å²) in [5.74, 6) is 0.768. The second-order valence-corrected chi connectivity index (χ2v) is 3.54. The van der Waals surface area contributed by atoms with Crippen LogP contribution in [0.4, 0.5) is 5.82 Å². The Morgan fingerprint density at radius 1 is 1.40 bits per heavy atom. The first-order chi connectivity index (χ1) is 7.20. The molecule has 1 aromatic rings. The second-order valence-electron chi connectivity index (χ2n) is 3.54. The van der Waals surface area contributed by atoms with Gasteiger partial charge in [0.2, 0.25) is 0 Å². The van der Waals surface area contributed by atoms with Crippen molar-refractivity contribution in [3.05, 3.63) is 18.1 Å². The Balaban J connectivity index is 2.98. The van der Waals surface area contributed by atoms with Crippen molar-refractivity contribution in [2.24, 2.45) is 5.73 Å². The van der Waals surface area contributed by atoms with E-state index in [0.29, 0.717) is 13.1 Å². The Labute approximate surface area is 90.0 Å². The standard InChI is InChI=1S/C10H18N4O/c1-8(2)14(5-6-15)10-9(7-11)12-3-4-13-10/h3-4,8,15H,5-7,11H2,1-2H3. The SMILES string of the molecule is CC(C)N(CCO)c1nccnc1CN. The zero-order valence-corrected chi connectivity index (χ0v) is 9.22. The van der Waals surface area contributed by atoms with E-state index < -0.39 is 0 Å². The van der Waals surface area contributed by atoms with Crippen molar-refractivity contribution in [2.75, 3.05) is 18.1 Å². The first-order valence-electron chi connectivity index (χ1n) is 5.08. The quantitative estimate of drug-likeness (QED) is 0.723. The van der Waals surface area contributed by atoms with Crippen molar-refractivity contribution < 1.29 is 5.11 Å². The molecule has 0 spiro atoms. The van der Waals surface area contributed by atoms with E-state index in [1.165, 1.54) is 0 Å². The second kappa shape index (κ2) is 5.63. The van der Waals surface area contributed by atoms with Gasteiger partial charge in [0.15, 0.2) is 5.82 Å². The Morgan fingerprint density at radius 2 is 2.07 bits per heavy atom. The van der Waals surface area contributed by atoms with Crippen LogP contribution in [0.2, 0.25) is 0 Å². The Bertz CT molecular complexity index is 303. The van der Waals surface area contributed by atoms with Crippen LogP contribution < -0.4 is 10.6 Å². The minimum absolute atomic E-state index is 0.0960. The monoisotopic (exact) mass is 210 g/mol. The predicted molar refractivity (Wildman–Crippen MR) is 59.5 cm³/mol. The van der Waals surface area contributed by atoms with Crippen molar-refractivity contribution >= 4 is 5.82 Å². The highest BCUT2D eigenvalue weighted by atomic mass is 16.3. The lowest BCUT2D eigenvalue weighted by Gasteiger charge is -2.28. The number of nitrogens with zero attached hydrogens (tertiary/aromatic N) is 3. The van der Waals surface area contributed by atoms with Gasteiger partial charge in [-0.1, -0.05) is 0 Å². The van der Waals surface area contributed by atoms with E-state index in [-0.39, 0.29) is 12.6 Å². The smallest absolute Gasteiger partial charge is 0.151 e. The molecule has 0 aliphatic heterocycles. The molecule has 0 aromatic carbocycles. The van der Waals surface area contributed by atoms with Crippen LogP contribution in [0.3, 0.4) is 0 Å². The fourth-order valence-electron chi connectivity index (χ4n) is 1.46. The topological polar surface area (TPSA) is 75.3 Å². The van der Waals surface area contributed by atoms with Gasteiger partial charge in [-0.05, 0) is 13.8 Å². The minimum atomic E-state index is 0.0960. The lowest BCUT2D eigenvalue weighted by atomic mass is 10.3. The maximum atomic E-state index is 8.99. The summed E-state index contributed by atoms with van der Waals surface area (Å²) in [6.45, 7) is 5.09. The number of hydrogen-bond donors (Lipinski definition) is 2. The van der Waals surface area contributed by atoms with E-state index in [9.17, 15) is 0 Å². The van der Waals surface area contributed by atoms with Gasteiger partial charge in [0, 0.05) is 31.5 Å². The molecule has 0 radical (unpaired) electrons. The third-order valence-electron chi connectivity index (χ3n) is 2.18. The summed E-state index contributed by atoms with van der Waals surface area (Å²) >= 11 is 0. The molecule has 5 heteroatoms. The summed E-state index contributed by atoms with van der Waals surface area (Å²) in [7, 11) is 0. The number of aliphatic hydroxyl groups is 1. The van der Waals surface area contributed by atoms with E-state index in [4.69, 9.17) is 10.8 Å². The molecule has 0 aliphatic carbocycles. The molecule has 1 heterocycles. The van der Waals surface area contributed by atoms with Gasteiger partial charge in [-0.3, -0.25) is 4.98 Å². The summed E-state index contributed by atoms with van der Waals surface area (Å²) in [4.78, 5) is 10.4. The molecule has 84 valence electrons. The average molecular weight is 210 g/mol. The van der Waals surface area contributed by atoms with Gasteiger partial charge in [-0.15, -0.1) is 0 Å².